The monoisotopic (exact) mass is 346 g/mol. The van der Waals surface area contributed by atoms with Crippen molar-refractivity contribution < 1.29 is 14.7 Å². The predicted molar refractivity (Wildman–Crippen MR) is 93.2 cm³/mol. The minimum Gasteiger partial charge on any atom is -0.507 e. The van der Waals surface area contributed by atoms with E-state index in [9.17, 15) is 14.7 Å². The van der Waals surface area contributed by atoms with Crippen molar-refractivity contribution in [1.29, 1.82) is 0 Å². The van der Waals surface area contributed by atoms with Gasteiger partial charge in [0.1, 0.15) is 5.75 Å². The lowest BCUT2D eigenvalue weighted by molar-refractivity contribution is -0.121. The average molecular weight is 347 g/mol. The number of para-hydroxylation sites is 1. The Morgan fingerprint density at radius 2 is 1.62 bits per heavy atom. The highest BCUT2D eigenvalue weighted by molar-refractivity contribution is 6.30. The summed E-state index contributed by atoms with van der Waals surface area (Å²) in [4.78, 5) is 23.6. The summed E-state index contributed by atoms with van der Waals surface area (Å²) in [5.41, 5.74) is 1.26. The summed E-state index contributed by atoms with van der Waals surface area (Å²) in [6.07, 6.45) is 1.00. The molecule has 0 bridgehead atoms. The summed E-state index contributed by atoms with van der Waals surface area (Å²) in [6, 6.07) is 13.7. The average Bonchev–Trinajstić information content (AvgIpc) is 2.58. The van der Waals surface area contributed by atoms with Gasteiger partial charge in [-0.1, -0.05) is 35.9 Å². The lowest BCUT2D eigenvalue weighted by Gasteiger charge is -2.08. The Morgan fingerprint density at radius 3 is 2.33 bits per heavy atom. The fourth-order valence-electron chi connectivity index (χ4n) is 2.14. The van der Waals surface area contributed by atoms with Crippen molar-refractivity contribution >= 4 is 23.4 Å². The fraction of sp³-hybridized carbons (Fsp3) is 0.222. The number of phenols is 1. The molecule has 0 fully saturated rings. The zero-order valence-electron chi connectivity index (χ0n) is 13.1. The maximum Gasteiger partial charge on any atom is 0.255 e. The van der Waals surface area contributed by atoms with Crippen molar-refractivity contribution in [3.05, 3.63) is 64.7 Å². The van der Waals surface area contributed by atoms with Gasteiger partial charge in [-0.2, -0.15) is 0 Å². The molecular formula is C18H19ClN2O3. The Labute approximate surface area is 145 Å². The van der Waals surface area contributed by atoms with E-state index in [0.717, 1.165) is 5.56 Å². The molecule has 0 spiro atoms. The van der Waals surface area contributed by atoms with E-state index in [0.29, 0.717) is 31.0 Å². The maximum atomic E-state index is 11.9. The molecule has 0 radical (unpaired) electrons. The zero-order valence-corrected chi connectivity index (χ0v) is 13.8. The summed E-state index contributed by atoms with van der Waals surface area (Å²) < 4.78 is 0. The number of hydrogen-bond donors (Lipinski definition) is 3. The number of aryl methyl sites for hydroxylation is 1. The van der Waals surface area contributed by atoms with Crippen LogP contribution in [0.1, 0.15) is 22.3 Å². The molecule has 0 saturated heterocycles. The van der Waals surface area contributed by atoms with E-state index in [1.54, 1.807) is 24.3 Å². The third-order valence-corrected chi connectivity index (χ3v) is 3.69. The van der Waals surface area contributed by atoms with Gasteiger partial charge in [0.2, 0.25) is 5.91 Å². The molecule has 0 aliphatic carbocycles. The van der Waals surface area contributed by atoms with Gasteiger partial charge in [0.25, 0.3) is 5.91 Å². The van der Waals surface area contributed by atoms with Crippen molar-refractivity contribution in [3.63, 3.8) is 0 Å². The first-order valence-corrected chi connectivity index (χ1v) is 8.01. The molecule has 3 N–H and O–H groups in total. The number of phenolic OH excluding ortho intramolecular Hbond substituents is 1. The lowest BCUT2D eigenvalue weighted by atomic mass is 10.1. The summed E-state index contributed by atoms with van der Waals surface area (Å²) in [5.74, 6) is -0.521. The molecule has 2 rings (SSSR count). The molecule has 0 aromatic heterocycles. The summed E-state index contributed by atoms with van der Waals surface area (Å²) in [5, 5.41) is 15.6. The minimum absolute atomic E-state index is 0.0676. The van der Waals surface area contributed by atoms with Crippen molar-refractivity contribution in [2.45, 2.75) is 12.8 Å². The second-order valence-corrected chi connectivity index (χ2v) is 5.69. The van der Waals surface area contributed by atoms with Crippen LogP contribution >= 0.6 is 11.6 Å². The van der Waals surface area contributed by atoms with Gasteiger partial charge < -0.3 is 15.7 Å². The van der Waals surface area contributed by atoms with Gasteiger partial charge in [-0.05, 0) is 36.2 Å². The Kier molecular flexibility index (Phi) is 6.63. The Balaban J connectivity index is 1.65. The number of carbonyl (C=O) groups excluding carboxylic acids is 2. The normalized spacial score (nSPS) is 10.2. The van der Waals surface area contributed by atoms with E-state index in [-0.39, 0.29) is 23.1 Å². The first kappa shape index (κ1) is 17.8. The van der Waals surface area contributed by atoms with Gasteiger partial charge in [0.15, 0.2) is 0 Å². The number of benzene rings is 2. The van der Waals surface area contributed by atoms with Crippen LogP contribution in [-0.4, -0.2) is 30.0 Å². The molecule has 0 saturated carbocycles. The smallest absolute Gasteiger partial charge is 0.255 e. The molecule has 2 amide bonds. The van der Waals surface area contributed by atoms with E-state index in [4.69, 9.17) is 11.6 Å². The number of hydrogen-bond acceptors (Lipinski definition) is 3. The van der Waals surface area contributed by atoms with Crippen molar-refractivity contribution in [2.24, 2.45) is 0 Å². The Bertz CT molecular complexity index is 702. The number of carbonyl (C=O) groups is 2. The molecule has 2 aromatic rings. The van der Waals surface area contributed by atoms with Gasteiger partial charge in [0.05, 0.1) is 5.56 Å². The second-order valence-electron chi connectivity index (χ2n) is 5.25. The third kappa shape index (κ3) is 5.59. The molecule has 6 heteroatoms. The van der Waals surface area contributed by atoms with Crippen molar-refractivity contribution in [1.82, 2.24) is 10.6 Å². The van der Waals surface area contributed by atoms with Crippen LogP contribution in [0.15, 0.2) is 48.5 Å². The number of nitrogens with one attached hydrogen (secondary N) is 2. The van der Waals surface area contributed by atoms with Crippen LogP contribution in [-0.2, 0) is 11.2 Å². The molecule has 0 unspecified atom stereocenters. The fourth-order valence-corrected chi connectivity index (χ4v) is 2.26. The third-order valence-electron chi connectivity index (χ3n) is 3.44. The molecule has 126 valence electrons. The van der Waals surface area contributed by atoms with Crippen LogP contribution in [0.25, 0.3) is 0 Å². The van der Waals surface area contributed by atoms with Crippen molar-refractivity contribution in [3.8, 4) is 5.75 Å². The predicted octanol–water partition coefficient (Wildman–Crippen LogP) is 2.52. The highest BCUT2D eigenvalue weighted by Crippen LogP contribution is 2.14. The maximum absolute atomic E-state index is 11.9. The number of halogens is 1. The van der Waals surface area contributed by atoms with E-state index < -0.39 is 0 Å². The molecular weight excluding hydrogens is 328 g/mol. The first-order chi connectivity index (χ1) is 11.6. The minimum atomic E-state index is -0.372. The molecule has 0 aliphatic heterocycles. The summed E-state index contributed by atoms with van der Waals surface area (Å²) in [6.45, 7) is 0.624. The second kappa shape index (κ2) is 8.93. The molecule has 0 aliphatic rings. The first-order valence-electron chi connectivity index (χ1n) is 7.63. The highest BCUT2D eigenvalue weighted by atomic mass is 35.5. The van der Waals surface area contributed by atoms with E-state index in [1.807, 2.05) is 12.1 Å². The van der Waals surface area contributed by atoms with E-state index >= 15 is 0 Å². The SMILES string of the molecule is O=C(CCc1ccc(Cl)cc1)NCCNC(=O)c1ccccc1O. The van der Waals surface area contributed by atoms with Gasteiger partial charge in [-0.3, -0.25) is 9.59 Å². The Hall–Kier alpha value is -2.53. The molecule has 5 nitrogen and oxygen atoms in total. The standard InChI is InChI=1S/C18H19ClN2O3/c19-14-8-5-13(6-9-14)7-10-17(23)20-11-12-21-18(24)15-3-1-2-4-16(15)22/h1-6,8-9,22H,7,10-12H2,(H,20,23)(H,21,24). The molecule has 2 aromatic carbocycles. The van der Waals surface area contributed by atoms with E-state index in [1.165, 1.54) is 12.1 Å². The van der Waals surface area contributed by atoms with Gasteiger partial charge >= 0.3 is 0 Å². The van der Waals surface area contributed by atoms with Gasteiger partial charge in [-0.25, -0.2) is 0 Å². The topological polar surface area (TPSA) is 78.4 Å². The van der Waals surface area contributed by atoms with E-state index in [2.05, 4.69) is 10.6 Å². The summed E-state index contributed by atoms with van der Waals surface area (Å²) in [7, 11) is 0. The number of amides is 2. The van der Waals surface area contributed by atoms with Crippen molar-refractivity contribution in [2.75, 3.05) is 13.1 Å². The van der Waals surface area contributed by atoms with Crippen LogP contribution < -0.4 is 10.6 Å². The van der Waals surface area contributed by atoms with Crippen LogP contribution in [0, 0.1) is 0 Å². The zero-order chi connectivity index (χ0) is 17.4. The van der Waals surface area contributed by atoms with Crippen LogP contribution in [0.3, 0.4) is 0 Å². The number of rotatable bonds is 7. The molecule has 0 heterocycles. The highest BCUT2D eigenvalue weighted by Gasteiger charge is 2.09. The van der Waals surface area contributed by atoms with Crippen LogP contribution in [0.5, 0.6) is 5.75 Å². The lowest BCUT2D eigenvalue weighted by Crippen LogP contribution is -2.34. The van der Waals surface area contributed by atoms with Gasteiger partial charge in [-0.15, -0.1) is 0 Å². The van der Waals surface area contributed by atoms with Crippen LogP contribution in [0.4, 0.5) is 0 Å². The molecule has 0 atom stereocenters. The number of aromatic hydroxyl groups is 1. The van der Waals surface area contributed by atoms with Gasteiger partial charge in [0, 0.05) is 24.5 Å². The van der Waals surface area contributed by atoms with Crippen LogP contribution in [0.2, 0.25) is 5.02 Å². The Morgan fingerprint density at radius 1 is 0.958 bits per heavy atom. The summed E-state index contributed by atoms with van der Waals surface area (Å²) >= 11 is 5.81. The largest absolute Gasteiger partial charge is 0.507 e. The quantitative estimate of drug-likeness (QED) is 0.674. The molecule has 24 heavy (non-hydrogen) atoms.